The third-order valence-electron chi connectivity index (χ3n) is 3.92. The van der Waals surface area contributed by atoms with Gasteiger partial charge in [-0.1, -0.05) is 12.1 Å². The number of rotatable bonds is 9. The maximum Gasteiger partial charge on any atom is 0.315 e. The van der Waals surface area contributed by atoms with Crippen LogP contribution in [0.15, 0.2) is 42.5 Å². The number of carbonyl (C=O) groups excluding carboxylic acids is 1. The molecule has 0 radical (unpaired) electrons. The van der Waals surface area contributed by atoms with E-state index in [2.05, 4.69) is 10.6 Å². The third kappa shape index (κ3) is 6.20. The molecule has 0 unspecified atom stereocenters. The van der Waals surface area contributed by atoms with E-state index in [0.29, 0.717) is 26.3 Å². The van der Waals surface area contributed by atoms with Crippen LogP contribution in [0.3, 0.4) is 0 Å². The second-order valence-electron chi connectivity index (χ2n) is 5.75. The van der Waals surface area contributed by atoms with Gasteiger partial charge in [-0.2, -0.15) is 0 Å². The summed E-state index contributed by atoms with van der Waals surface area (Å²) >= 11 is 0. The first-order chi connectivity index (χ1) is 12.6. The van der Waals surface area contributed by atoms with E-state index in [1.165, 1.54) is 5.56 Å². The predicted molar refractivity (Wildman–Crippen MR) is 101 cm³/mol. The Morgan fingerprint density at radius 2 is 1.50 bits per heavy atom. The molecule has 0 fully saturated rings. The van der Waals surface area contributed by atoms with Crippen molar-refractivity contribution in [2.75, 3.05) is 33.4 Å². The van der Waals surface area contributed by atoms with Crippen molar-refractivity contribution in [1.29, 1.82) is 0 Å². The molecule has 2 aromatic carbocycles. The highest BCUT2D eigenvalue weighted by Crippen LogP contribution is 2.20. The first-order valence-corrected chi connectivity index (χ1v) is 8.57. The molecule has 0 aliphatic carbocycles. The number of ether oxygens (including phenoxy) is 3. The van der Waals surface area contributed by atoms with Crippen molar-refractivity contribution in [3.63, 3.8) is 0 Å². The zero-order chi connectivity index (χ0) is 18.8. The second-order valence-corrected chi connectivity index (χ2v) is 5.75. The molecule has 2 N–H and O–H groups in total. The fourth-order valence-electron chi connectivity index (χ4n) is 2.27. The van der Waals surface area contributed by atoms with E-state index in [1.807, 2.05) is 56.3 Å². The van der Waals surface area contributed by atoms with Crippen LogP contribution in [0.4, 0.5) is 4.79 Å². The number of hydrogen-bond acceptors (Lipinski definition) is 4. The van der Waals surface area contributed by atoms with Crippen LogP contribution < -0.4 is 24.8 Å². The van der Waals surface area contributed by atoms with Crippen molar-refractivity contribution >= 4 is 6.03 Å². The molecule has 0 aliphatic rings. The molecule has 0 aliphatic heterocycles. The summed E-state index contributed by atoms with van der Waals surface area (Å²) in [6.07, 6.45) is 0. The van der Waals surface area contributed by atoms with Crippen LogP contribution in [0.25, 0.3) is 0 Å². The van der Waals surface area contributed by atoms with E-state index in [1.54, 1.807) is 7.11 Å². The fourth-order valence-corrected chi connectivity index (χ4v) is 2.27. The minimum atomic E-state index is -0.243. The van der Waals surface area contributed by atoms with Crippen molar-refractivity contribution in [3.8, 4) is 17.2 Å². The van der Waals surface area contributed by atoms with Crippen molar-refractivity contribution in [2.45, 2.75) is 13.8 Å². The molecule has 0 saturated heterocycles. The van der Waals surface area contributed by atoms with E-state index in [0.717, 1.165) is 22.8 Å². The number of urea groups is 1. The lowest BCUT2D eigenvalue weighted by atomic mass is 10.1. The quantitative estimate of drug-likeness (QED) is 0.676. The van der Waals surface area contributed by atoms with E-state index in [-0.39, 0.29) is 6.03 Å². The third-order valence-corrected chi connectivity index (χ3v) is 3.92. The van der Waals surface area contributed by atoms with Gasteiger partial charge in [0, 0.05) is 0 Å². The maximum atomic E-state index is 11.7. The van der Waals surface area contributed by atoms with Gasteiger partial charge in [0.05, 0.1) is 20.2 Å². The Morgan fingerprint density at radius 1 is 0.885 bits per heavy atom. The van der Waals surface area contributed by atoms with Crippen LogP contribution in [0.5, 0.6) is 17.2 Å². The van der Waals surface area contributed by atoms with Gasteiger partial charge >= 0.3 is 6.03 Å². The normalized spacial score (nSPS) is 10.1. The van der Waals surface area contributed by atoms with Crippen LogP contribution in [0.2, 0.25) is 0 Å². The van der Waals surface area contributed by atoms with Gasteiger partial charge in [0.25, 0.3) is 0 Å². The van der Waals surface area contributed by atoms with E-state index in [9.17, 15) is 4.79 Å². The lowest BCUT2D eigenvalue weighted by Crippen LogP contribution is -2.39. The highest BCUT2D eigenvalue weighted by molar-refractivity contribution is 5.73. The standard InChI is InChI=1S/C20H26N2O4/c1-15-5-4-6-19(16(15)2)26-14-12-22-20(23)21-11-13-25-18-9-7-17(24-3)8-10-18/h4-10H,11-14H2,1-3H3,(H2,21,22,23). The van der Waals surface area contributed by atoms with Gasteiger partial charge in [0.2, 0.25) is 0 Å². The minimum Gasteiger partial charge on any atom is -0.497 e. The lowest BCUT2D eigenvalue weighted by molar-refractivity contribution is 0.232. The number of hydrogen-bond donors (Lipinski definition) is 2. The summed E-state index contributed by atoms with van der Waals surface area (Å²) < 4.78 is 16.3. The maximum absolute atomic E-state index is 11.7. The Morgan fingerprint density at radius 3 is 2.15 bits per heavy atom. The highest BCUT2D eigenvalue weighted by Gasteiger charge is 2.03. The number of nitrogens with one attached hydrogen (secondary N) is 2. The first kappa shape index (κ1) is 19.4. The molecular formula is C20H26N2O4. The van der Waals surface area contributed by atoms with Crippen LogP contribution in [0, 0.1) is 13.8 Å². The van der Waals surface area contributed by atoms with Gasteiger partial charge in [-0.25, -0.2) is 4.79 Å². The van der Waals surface area contributed by atoms with Crippen LogP contribution in [-0.4, -0.2) is 39.4 Å². The lowest BCUT2D eigenvalue weighted by Gasteiger charge is -2.12. The SMILES string of the molecule is COc1ccc(OCCNC(=O)NCCOc2cccc(C)c2C)cc1. The molecule has 0 saturated carbocycles. The summed E-state index contributed by atoms with van der Waals surface area (Å²) in [7, 11) is 1.62. The Labute approximate surface area is 154 Å². The predicted octanol–water partition coefficient (Wildman–Crippen LogP) is 3.07. The molecule has 140 valence electrons. The Balaban J connectivity index is 1.56. The van der Waals surface area contributed by atoms with Crippen LogP contribution in [-0.2, 0) is 0 Å². The minimum absolute atomic E-state index is 0.243. The largest absolute Gasteiger partial charge is 0.497 e. The molecule has 0 bridgehead atoms. The average Bonchev–Trinajstić information content (AvgIpc) is 2.66. The summed E-state index contributed by atoms with van der Waals surface area (Å²) in [6.45, 7) is 5.71. The molecule has 6 nitrogen and oxygen atoms in total. The smallest absolute Gasteiger partial charge is 0.315 e. The van der Waals surface area contributed by atoms with E-state index < -0.39 is 0 Å². The van der Waals surface area contributed by atoms with Gasteiger partial charge in [-0.15, -0.1) is 0 Å². The molecule has 2 aromatic rings. The number of amides is 2. The number of carbonyl (C=O) groups is 1. The van der Waals surface area contributed by atoms with Gasteiger partial charge in [0.15, 0.2) is 0 Å². The molecule has 26 heavy (non-hydrogen) atoms. The fraction of sp³-hybridized carbons (Fsp3) is 0.350. The monoisotopic (exact) mass is 358 g/mol. The van der Waals surface area contributed by atoms with Gasteiger partial charge < -0.3 is 24.8 Å². The van der Waals surface area contributed by atoms with Crippen molar-refractivity contribution in [3.05, 3.63) is 53.6 Å². The van der Waals surface area contributed by atoms with E-state index in [4.69, 9.17) is 14.2 Å². The Hall–Kier alpha value is -2.89. The molecular weight excluding hydrogens is 332 g/mol. The summed E-state index contributed by atoms with van der Waals surface area (Å²) in [5.41, 5.74) is 2.30. The zero-order valence-electron chi connectivity index (χ0n) is 15.5. The van der Waals surface area contributed by atoms with Crippen molar-refractivity contribution in [2.24, 2.45) is 0 Å². The molecule has 0 spiro atoms. The summed E-state index contributed by atoms with van der Waals surface area (Å²) in [5.74, 6) is 2.35. The van der Waals surface area contributed by atoms with Crippen LogP contribution in [0.1, 0.15) is 11.1 Å². The molecule has 0 heterocycles. The van der Waals surface area contributed by atoms with Gasteiger partial charge in [-0.3, -0.25) is 0 Å². The van der Waals surface area contributed by atoms with Gasteiger partial charge in [0.1, 0.15) is 30.5 Å². The summed E-state index contributed by atoms with van der Waals surface area (Å²) in [6, 6.07) is 13.0. The Kier molecular flexibility index (Phi) is 7.61. The highest BCUT2D eigenvalue weighted by atomic mass is 16.5. The van der Waals surface area contributed by atoms with Crippen molar-refractivity contribution < 1.29 is 19.0 Å². The molecule has 0 atom stereocenters. The van der Waals surface area contributed by atoms with Crippen molar-refractivity contribution in [1.82, 2.24) is 10.6 Å². The summed E-state index contributed by atoms with van der Waals surface area (Å²) in [5, 5.41) is 5.49. The first-order valence-electron chi connectivity index (χ1n) is 8.57. The summed E-state index contributed by atoms with van der Waals surface area (Å²) in [4.78, 5) is 11.7. The zero-order valence-corrected chi connectivity index (χ0v) is 15.5. The molecule has 0 aromatic heterocycles. The average molecular weight is 358 g/mol. The van der Waals surface area contributed by atoms with Gasteiger partial charge in [-0.05, 0) is 55.3 Å². The van der Waals surface area contributed by atoms with E-state index >= 15 is 0 Å². The molecule has 2 amide bonds. The molecule has 6 heteroatoms. The Bertz CT molecular complexity index is 701. The molecule has 2 rings (SSSR count). The topological polar surface area (TPSA) is 68.8 Å². The second kappa shape index (κ2) is 10.2. The van der Waals surface area contributed by atoms with Crippen LogP contribution >= 0.6 is 0 Å². The number of methoxy groups -OCH3 is 1. The number of benzene rings is 2. The number of aryl methyl sites for hydroxylation is 1.